The summed E-state index contributed by atoms with van der Waals surface area (Å²) in [6.45, 7) is 1.57. The van der Waals surface area contributed by atoms with Gasteiger partial charge < -0.3 is 4.74 Å². The first kappa shape index (κ1) is 18.7. The molecule has 2 aliphatic heterocycles. The van der Waals surface area contributed by atoms with Gasteiger partial charge in [0.25, 0.3) is 5.24 Å². The van der Waals surface area contributed by atoms with Gasteiger partial charge in [0.15, 0.2) is 0 Å². The van der Waals surface area contributed by atoms with Gasteiger partial charge in [0.2, 0.25) is 5.91 Å². The number of carbonyl (C=O) groups excluding carboxylic acids is 2. The summed E-state index contributed by atoms with van der Waals surface area (Å²) in [5.74, 6) is 0.608. The van der Waals surface area contributed by atoms with Crippen LogP contribution in [-0.4, -0.2) is 53.9 Å². The molecule has 1 fully saturated rings. The summed E-state index contributed by atoms with van der Waals surface area (Å²) in [5.41, 5.74) is 1.02. The SMILES string of the molecule is CN(CCCOc1ccc(CC2SC(=O)NC2=O)cc1)C1CC=CC=N1. The Balaban J connectivity index is 1.38. The number of rotatable bonds is 8. The molecule has 7 heteroatoms. The van der Waals surface area contributed by atoms with Crippen molar-refractivity contribution in [3.05, 3.63) is 42.0 Å². The molecule has 2 aliphatic rings. The maximum atomic E-state index is 11.6. The molecule has 1 aromatic rings. The minimum atomic E-state index is -0.331. The van der Waals surface area contributed by atoms with Crippen molar-refractivity contribution in [3.63, 3.8) is 0 Å². The molecule has 26 heavy (non-hydrogen) atoms. The number of nitrogens with one attached hydrogen (secondary N) is 1. The Hall–Kier alpha value is -2.12. The first-order valence-corrected chi connectivity index (χ1v) is 9.61. The van der Waals surface area contributed by atoms with Crippen LogP contribution >= 0.6 is 11.8 Å². The van der Waals surface area contributed by atoms with E-state index in [0.717, 1.165) is 42.5 Å². The number of amides is 2. The molecule has 0 saturated carbocycles. The molecule has 6 nitrogen and oxygen atoms in total. The van der Waals surface area contributed by atoms with Crippen LogP contribution in [-0.2, 0) is 11.2 Å². The lowest BCUT2D eigenvalue weighted by molar-refractivity contribution is -0.118. The molecule has 138 valence electrons. The van der Waals surface area contributed by atoms with E-state index in [1.807, 2.05) is 36.6 Å². The van der Waals surface area contributed by atoms with Gasteiger partial charge in [-0.15, -0.1) is 0 Å². The molecule has 2 unspecified atom stereocenters. The highest BCUT2D eigenvalue weighted by molar-refractivity contribution is 8.15. The van der Waals surface area contributed by atoms with Crippen LogP contribution in [0.3, 0.4) is 0 Å². The number of allylic oxidation sites excluding steroid dienone is 1. The summed E-state index contributed by atoms with van der Waals surface area (Å²) in [6.07, 6.45) is 8.63. The second-order valence-corrected chi connectivity index (χ2v) is 7.53. The molecule has 1 aromatic carbocycles. The quantitative estimate of drug-likeness (QED) is 0.710. The van der Waals surface area contributed by atoms with Gasteiger partial charge in [0, 0.05) is 19.2 Å². The first-order chi connectivity index (χ1) is 12.6. The molecule has 1 saturated heterocycles. The Morgan fingerprint density at radius 2 is 2.12 bits per heavy atom. The predicted molar refractivity (Wildman–Crippen MR) is 104 cm³/mol. The van der Waals surface area contributed by atoms with Gasteiger partial charge in [-0.3, -0.25) is 24.8 Å². The summed E-state index contributed by atoms with van der Waals surface area (Å²) < 4.78 is 5.79. The lowest BCUT2D eigenvalue weighted by Crippen LogP contribution is -2.32. The van der Waals surface area contributed by atoms with Crippen LogP contribution in [0.5, 0.6) is 5.75 Å². The summed E-state index contributed by atoms with van der Waals surface area (Å²) in [4.78, 5) is 29.5. The van der Waals surface area contributed by atoms with Gasteiger partial charge in [-0.05, 0) is 43.7 Å². The minimum Gasteiger partial charge on any atom is -0.494 e. The summed E-state index contributed by atoms with van der Waals surface area (Å²) in [7, 11) is 2.08. The number of carbonyl (C=O) groups is 2. The number of aliphatic imine (C=N–C) groups is 1. The number of hydrogen-bond acceptors (Lipinski definition) is 6. The van der Waals surface area contributed by atoms with Crippen LogP contribution in [0, 0.1) is 0 Å². The number of benzene rings is 1. The van der Waals surface area contributed by atoms with E-state index in [1.165, 1.54) is 0 Å². The Morgan fingerprint density at radius 3 is 2.77 bits per heavy atom. The zero-order valence-corrected chi connectivity index (χ0v) is 15.6. The number of nitrogens with zero attached hydrogens (tertiary/aromatic N) is 2. The lowest BCUT2D eigenvalue weighted by Gasteiger charge is -2.24. The third-order valence-corrected chi connectivity index (χ3v) is 5.35. The second kappa shape index (κ2) is 9.00. The fraction of sp³-hybridized carbons (Fsp3) is 0.421. The number of dihydropyridines is 1. The fourth-order valence-corrected chi connectivity index (χ4v) is 3.74. The number of thioether (sulfide) groups is 1. The molecule has 0 aliphatic carbocycles. The number of ether oxygens (including phenoxy) is 1. The molecular formula is C19H23N3O3S. The van der Waals surface area contributed by atoms with Gasteiger partial charge in [0.05, 0.1) is 11.9 Å². The standard InChI is InChI=1S/C19H23N3O3S/c1-22(17-5-2-3-10-20-17)11-4-12-25-15-8-6-14(7-9-15)13-16-18(23)21-19(24)26-16/h2-3,6-10,16-17H,4-5,11-13H2,1H3,(H,21,23,24). The maximum Gasteiger partial charge on any atom is 0.286 e. The molecule has 2 atom stereocenters. The van der Waals surface area contributed by atoms with Crippen molar-refractivity contribution in [2.75, 3.05) is 20.2 Å². The van der Waals surface area contributed by atoms with Crippen molar-refractivity contribution in [2.45, 2.75) is 30.7 Å². The van der Waals surface area contributed by atoms with Gasteiger partial charge >= 0.3 is 0 Å². The number of imide groups is 1. The highest BCUT2D eigenvalue weighted by Crippen LogP contribution is 2.23. The Bertz CT molecular complexity index is 702. The lowest BCUT2D eigenvalue weighted by atomic mass is 10.1. The van der Waals surface area contributed by atoms with E-state index < -0.39 is 0 Å². The monoisotopic (exact) mass is 373 g/mol. The summed E-state index contributed by atoms with van der Waals surface area (Å²) >= 11 is 1.05. The molecule has 3 rings (SSSR count). The average molecular weight is 373 g/mol. The molecule has 0 spiro atoms. The summed E-state index contributed by atoms with van der Waals surface area (Å²) in [5, 5.41) is 1.71. The molecule has 0 radical (unpaired) electrons. The molecule has 2 heterocycles. The maximum absolute atomic E-state index is 11.6. The Labute approximate surface area is 157 Å². The van der Waals surface area contributed by atoms with Crippen LogP contribution in [0.25, 0.3) is 0 Å². The second-order valence-electron chi connectivity index (χ2n) is 6.36. The van der Waals surface area contributed by atoms with E-state index in [-0.39, 0.29) is 22.6 Å². The van der Waals surface area contributed by atoms with E-state index >= 15 is 0 Å². The van der Waals surface area contributed by atoms with Gasteiger partial charge in [-0.1, -0.05) is 30.0 Å². The zero-order chi connectivity index (χ0) is 18.4. The van der Waals surface area contributed by atoms with E-state index in [0.29, 0.717) is 13.0 Å². The first-order valence-electron chi connectivity index (χ1n) is 8.73. The minimum absolute atomic E-state index is 0.206. The molecule has 0 aromatic heterocycles. The van der Waals surface area contributed by atoms with Crippen molar-refractivity contribution in [3.8, 4) is 5.75 Å². The predicted octanol–water partition coefficient (Wildman–Crippen LogP) is 2.64. The fourth-order valence-electron chi connectivity index (χ4n) is 2.88. The van der Waals surface area contributed by atoms with Crippen molar-refractivity contribution < 1.29 is 14.3 Å². The topological polar surface area (TPSA) is 71.0 Å². The van der Waals surface area contributed by atoms with Crippen molar-refractivity contribution >= 4 is 29.1 Å². The van der Waals surface area contributed by atoms with Crippen LogP contribution in [0.1, 0.15) is 18.4 Å². The molecule has 0 bridgehead atoms. The van der Waals surface area contributed by atoms with Crippen LogP contribution in [0.4, 0.5) is 4.79 Å². The zero-order valence-electron chi connectivity index (χ0n) is 14.8. The van der Waals surface area contributed by atoms with Crippen LogP contribution < -0.4 is 10.1 Å². The van der Waals surface area contributed by atoms with E-state index in [9.17, 15) is 9.59 Å². The highest BCUT2D eigenvalue weighted by Gasteiger charge is 2.31. The largest absolute Gasteiger partial charge is 0.494 e. The van der Waals surface area contributed by atoms with Crippen molar-refractivity contribution in [2.24, 2.45) is 4.99 Å². The summed E-state index contributed by atoms with van der Waals surface area (Å²) in [6, 6.07) is 7.71. The van der Waals surface area contributed by atoms with E-state index in [4.69, 9.17) is 4.74 Å². The number of hydrogen-bond donors (Lipinski definition) is 1. The van der Waals surface area contributed by atoms with E-state index in [2.05, 4.69) is 28.3 Å². The molecule has 2 amide bonds. The van der Waals surface area contributed by atoms with Gasteiger partial charge in [-0.2, -0.15) is 0 Å². The van der Waals surface area contributed by atoms with Crippen LogP contribution in [0.2, 0.25) is 0 Å². The Kier molecular flexibility index (Phi) is 6.46. The Morgan fingerprint density at radius 1 is 1.31 bits per heavy atom. The normalized spacial score (nSPS) is 22.1. The third kappa shape index (κ3) is 5.19. The highest BCUT2D eigenvalue weighted by atomic mass is 32.2. The van der Waals surface area contributed by atoms with Crippen LogP contribution in [0.15, 0.2) is 41.4 Å². The van der Waals surface area contributed by atoms with E-state index in [1.54, 1.807) is 0 Å². The third-order valence-electron chi connectivity index (χ3n) is 4.37. The molecule has 1 N–H and O–H groups in total. The molecular weight excluding hydrogens is 350 g/mol. The van der Waals surface area contributed by atoms with Gasteiger partial charge in [0.1, 0.15) is 11.9 Å². The van der Waals surface area contributed by atoms with Crippen molar-refractivity contribution in [1.29, 1.82) is 0 Å². The van der Waals surface area contributed by atoms with Gasteiger partial charge in [-0.25, -0.2) is 0 Å². The van der Waals surface area contributed by atoms with Crippen molar-refractivity contribution in [1.82, 2.24) is 10.2 Å². The average Bonchev–Trinajstić information content (AvgIpc) is 2.97. The smallest absolute Gasteiger partial charge is 0.286 e.